The van der Waals surface area contributed by atoms with Gasteiger partial charge in [0.25, 0.3) is 0 Å². The highest BCUT2D eigenvalue weighted by molar-refractivity contribution is 5.82. The van der Waals surface area contributed by atoms with Crippen molar-refractivity contribution in [3.05, 3.63) is 29.8 Å². The maximum Gasteiger partial charge on any atom is 0.227 e. The second kappa shape index (κ2) is 9.41. The lowest BCUT2D eigenvalue weighted by atomic mass is 9.90. The molecule has 6 heteroatoms. The van der Waals surface area contributed by atoms with Crippen LogP contribution in [-0.4, -0.2) is 62.5 Å². The summed E-state index contributed by atoms with van der Waals surface area (Å²) in [6, 6.07) is 8.01. The molecule has 1 heterocycles. The zero-order valence-electron chi connectivity index (χ0n) is 18.1. The van der Waals surface area contributed by atoms with E-state index in [9.17, 15) is 9.59 Å². The van der Waals surface area contributed by atoms with Crippen molar-refractivity contribution in [3.63, 3.8) is 0 Å². The Labute approximate surface area is 169 Å². The average molecular weight is 390 g/mol. The molecule has 2 rings (SSSR count). The molecule has 1 unspecified atom stereocenters. The van der Waals surface area contributed by atoms with Gasteiger partial charge in [-0.3, -0.25) is 9.59 Å². The fourth-order valence-electron chi connectivity index (χ4n) is 3.61. The summed E-state index contributed by atoms with van der Waals surface area (Å²) in [4.78, 5) is 29.1. The molecule has 0 aliphatic carbocycles. The number of carbonyl (C=O) groups excluding carboxylic acids is 2. The van der Waals surface area contributed by atoms with Gasteiger partial charge in [0.1, 0.15) is 5.75 Å². The first-order valence-electron chi connectivity index (χ1n) is 10.0. The minimum Gasteiger partial charge on any atom is -0.497 e. The molecule has 1 aliphatic heterocycles. The second-order valence-electron chi connectivity index (χ2n) is 8.82. The minimum atomic E-state index is -0.370. The Hall–Kier alpha value is -2.08. The van der Waals surface area contributed by atoms with Crippen molar-refractivity contribution in [2.75, 3.05) is 40.8 Å². The number of ether oxygens (including phenoxy) is 1. The lowest BCUT2D eigenvalue weighted by Crippen LogP contribution is -2.47. The highest BCUT2D eigenvalue weighted by Gasteiger charge is 2.32. The number of rotatable bonds is 6. The van der Waals surface area contributed by atoms with Crippen LogP contribution in [0.5, 0.6) is 5.75 Å². The fourth-order valence-corrected chi connectivity index (χ4v) is 3.61. The molecule has 0 radical (unpaired) electrons. The summed E-state index contributed by atoms with van der Waals surface area (Å²) in [5, 5.41) is 3.12. The molecular formula is C22H35N3O3. The van der Waals surface area contributed by atoms with Crippen LogP contribution in [0.4, 0.5) is 0 Å². The number of nitrogens with one attached hydrogen (secondary N) is 1. The van der Waals surface area contributed by atoms with Gasteiger partial charge in [0.15, 0.2) is 0 Å². The van der Waals surface area contributed by atoms with E-state index in [-0.39, 0.29) is 29.2 Å². The standard InChI is InChI=1S/C22H35N3O3/c1-22(2,3)21(27)25-12-10-16(11-13-25)20(26)23-15-19(24(4)5)17-8-7-9-18(14-17)28-6/h7-9,14,16,19H,10-13,15H2,1-6H3,(H,23,26). The van der Waals surface area contributed by atoms with Gasteiger partial charge in [-0.05, 0) is 44.6 Å². The molecule has 1 saturated heterocycles. The molecule has 1 aromatic rings. The topological polar surface area (TPSA) is 61.9 Å². The van der Waals surface area contributed by atoms with Crippen LogP contribution in [-0.2, 0) is 9.59 Å². The van der Waals surface area contributed by atoms with E-state index in [0.717, 1.165) is 24.2 Å². The molecule has 0 aromatic heterocycles. The maximum atomic E-state index is 12.7. The zero-order valence-corrected chi connectivity index (χ0v) is 18.1. The van der Waals surface area contributed by atoms with Gasteiger partial charge in [-0.2, -0.15) is 0 Å². The molecule has 28 heavy (non-hydrogen) atoms. The molecule has 1 aromatic carbocycles. The average Bonchev–Trinajstić information content (AvgIpc) is 2.66. The Bertz CT molecular complexity index is 674. The molecule has 0 bridgehead atoms. The van der Waals surface area contributed by atoms with Crippen LogP contribution in [0, 0.1) is 11.3 Å². The van der Waals surface area contributed by atoms with E-state index in [4.69, 9.17) is 4.74 Å². The van der Waals surface area contributed by atoms with Crippen LogP contribution in [0.3, 0.4) is 0 Å². The molecule has 1 fully saturated rings. The highest BCUT2D eigenvalue weighted by Crippen LogP contribution is 2.25. The largest absolute Gasteiger partial charge is 0.497 e. The number of benzene rings is 1. The number of likely N-dealkylation sites (N-methyl/N-ethyl adjacent to an activating group) is 1. The van der Waals surface area contributed by atoms with E-state index in [1.165, 1.54) is 0 Å². The third-order valence-electron chi connectivity index (χ3n) is 5.37. The van der Waals surface area contributed by atoms with Gasteiger partial charge < -0.3 is 19.9 Å². The quantitative estimate of drug-likeness (QED) is 0.813. The molecular weight excluding hydrogens is 354 g/mol. The van der Waals surface area contributed by atoms with Crippen molar-refractivity contribution in [1.82, 2.24) is 15.1 Å². The van der Waals surface area contributed by atoms with Gasteiger partial charge >= 0.3 is 0 Å². The summed E-state index contributed by atoms with van der Waals surface area (Å²) >= 11 is 0. The smallest absolute Gasteiger partial charge is 0.227 e. The van der Waals surface area contributed by atoms with Crippen molar-refractivity contribution >= 4 is 11.8 Å². The van der Waals surface area contributed by atoms with Crippen molar-refractivity contribution in [3.8, 4) is 5.75 Å². The van der Waals surface area contributed by atoms with E-state index < -0.39 is 0 Å². The number of amides is 2. The number of hydrogen-bond acceptors (Lipinski definition) is 4. The van der Waals surface area contributed by atoms with Crippen LogP contribution in [0.25, 0.3) is 0 Å². The summed E-state index contributed by atoms with van der Waals surface area (Å²) in [6.45, 7) is 7.67. The number of carbonyl (C=O) groups is 2. The monoisotopic (exact) mass is 389 g/mol. The molecule has 0 saturated carbocycles. The van der Waals surface area contributed by atoms with Crippen molar-refractivity contribution in [2.24, 2.45) is 11.3 Å². The van der Waals surface area contributed by atoms with Gasteiger partial charge in [-0.15, -0.1) is 0 Å². The van der Waals surface area contributed by atoms with Crippen LogP contribution < -0.4 is 10.1 Å². The number of piperidine rings is 1. The summed E-state index contributed by atoms with van der Waals surface area (Å²) < 4.78 is 5.32. The molecule has 1 N–H and O–H groups in total. The lowest BCUT2D eigenvalue weighted by molar-refractivity contribution is -0.142. The SMILES string of the molecule is COc1cccc(C(CNC(=O)C2CCN(C(=O)C(C)(C)C)CC2)N(C)C)c1. The first-order valence-corrected chi connectivity index (χ1v) is 10.0. The highest BCUT2D eigenvalue weighted by atomic mass is 16.5. The van der Waals surface area contributed by atoms with Gasteiger partial charge in [0.05, 0.1) is 13.2 Å². The first-order chi connectivity index (χ1) is 13.1. The van der Waals surface area contributed by atoms with Crippen molar-refractivity contribution in [1.29, 1.82) is 0 Å². The number of methoxy groups -OCH3 is 1. The number of nitrogens with zero attached hydrogens (tertiary/aromatic N) is 2. The predicted octanol–water partition coefficient (Wildman–Crippen LogP) is 2.70. The normalized spacial score (nSPS) is 16.8. The molecule has 156 valence electrons. The van der Waals surface area contributed by atoms with Gasteiger partial charge in [-0.25, -0.2) is 0 Å². The predicted molar refractivity (Wildman–Crippen MR) is 111 cm³/mol. The number of hydrogen-bond donors (Lipinski definition) is 1. The van der Waals surface area contributed by atoms with E-state index in [0.29, 0.717) is 19.6 Å². The van der Waals surface area contributed by atoms with Crippen LogP contribution in [0.1, 0.15) is 45.2 Å². The van der Waals surface area contributed by atoms with E-state index in [2.05, 4.69) is 16.3 Å². The van der Waals surface area contributed by atoms with Crippen LogP contribution >= 0.6 is 0 Å². The van der Waals surface area contributed by atoms with Gasteiger partial charge in [0.2, 0.25) is 11.8 Å². The lowest BCUT2D eigenvalue weighted by Gasteiger charge is -2.35. The summed E-state index contributed by atoms with van der Waals surface area (Å²) in [7, 11) is 5.67. The van der Waals surface area contributed by atoms with E-state index in [1.807, 2.05) is 58.0 Å². The summed E-state index contributed by atoms with van der Waals surface area (Å²) in [6.07, 6.45) is 1.44. The zero-order chi connectivity index (χ0) is 20.9. The van der Waals surface area contributed by atoms with E-state index in [1.54, 1.807) is 7.11 Å². The third-order valence-corrected chi connectivity index (χ3v) is 5.37. The number of likely N-dealkylation sites (tertiary alicyclic amines) is 1. The Morgan fingerprint density at radius 2 is 1.89 bits per heavy atom. The Morgan fingerprint density at radius 1 is 1.25 bits per heavy atom. The Balaban J connectivity index is 1.91. The Morgan fingerprint density at radius 3 is 2.43 bits per heavy atom. The molecule has 0 spiro atoms. The first kappa shape index (κ1) is 22.2. The molecule has 1 aliphatic rings. The Kier molecular flexibility index (Phi) is 7.47. The van der Waals surface area contributed by atoms with Crippen LogP contribution in [0.15, 0.2) is 24.3 Å². The van der Waals surface area contributed by atoms with E-state index >= 15 is 0 Å². The second-order valence-corrected chi connectivity index (χ2v) is 8.82. The summed E-state index contributed by atoms with van der Waals surface area (Å²) in [5.41, 5.74) is 0.736. The van der Waals surface area contributed by atoms with Gasteiger partial charge in [0, 0.05) is 31.0 Å². The van der Waals surface area contributed by atoms with Crippen molar-refractivity contribution < 1.29 is 14.3 Å². The molecule has 2 amide bonds. The van der Waals surface area contributed by atoms with Crippen LogP contribution in [0.2, 0.25) is 0 Å². The minimum absolute atomic E-state index is 0.0304. The molecule has 6 nitrogen and oxygen atoms in total. The van der Waals surface area contributed by atoms with Crippen molar-refractivity contribution in [2.45, 2.75) is 39.7 Å². The maximum absolute atomic E-state index is 12.7. The molecule has 1 atom stereocenters. The third kappa shape index (κ3) is 5.71. The summed E-state index contributed by atoms with van der Waals surface area (Å²) in [5.74, 6) is 1.03. The fraction of sp³-hybridized carbons (Fsp3) is 0.636. The van der Waals surface area contributed by atoms with Gasteiger partial charge in [-0.1, -0.05) is 32.9 Å².